The first kappa shape index (κ1) is 20.1. The molecule has 2 N–H and O–H groups in total. The quantitative estimate of drug-likeness (QED) is 0.571. The van der Waals surface area contributed by atoms with E-state index in [1.165, 1.54) is 25.7 Å². The van der Waals surface area contributed by atoms with Crippen LogP contribution in [0, 0.1) is 0 Å². The number of hydrogen-bond donors (Lipinski definition) is 2. The molecule has 0 radical (unpaired) electrons. The smallest absolute Gasteiger partial charge is 0.191 e. The van der Waals surface area contributed by atoms with E-state index in [1.807, 2.05) is 30.6 Å². The number of hydrogen-bond acceptors (Lipinski definition) is 4. The summed E-state index contributed by atoms with van der Waals surface area (Å²) in [6.45, 7) is 6.57. The maximum absolute atomic E-state index is 4.69. The van der Waals surface area contributed by atoms with Crippen molar-refractivity contribution in [2.75, 3.05) is 31.1 Å². The Morgan fingerprint density at radius 2 is 1.89 bits per heavy atom. The van der Waals surface area contributed by atoms with Crippen molar-refractivity contribution in [3.05, 3.63) is 54.0 Å². The third-order valence-electron chi connectivity index (χ3n) is 4.90. The highest BCUT2D eigenvalue weighted by Gasteiger charge is 2.10. The summed E-state index contributed by atoms with van der Waals surface area (Å²) < 4.78 is 0. The number of rotatable bonds is 7. The Bertz CT molecular complexity index is 706. The Hall–Kier alpha value is -2.63. The van der Waals surface area contributed by atoms with E-state index >= 15 is 0 Å². The second kappa shape index (κ2) is 11.3. The number of aromatic nitrogens is 2. The van der Waals surface area contributed by atoms with Gasteiger partial charge in [-0.1, -0.05) is 25.0 Å². The summed E-state index contributed by atoms with van der Waals surface area (Å²) in [5.74, 6) is 1.92. The van der Waals surface area contributed by atoms with Crippen LogP contribution in [-0.2, 0) is 13.0 Å². The van der Waals surface area contributed by atoms with Gasteiger partial charge in [0.1, 0.15) is 5.82 Å². The molecule has 150 valence electrons. The van der Waals surface area contributed by atoms with Gasteiger partial charge in [-0.2, -0.15) is 0 Å². The molecule has 2 aromatic heterocycles. The molecular formula is C22H32N6. The minimum Gasteiger partial charge on any atom is -0.357 e. The number of nitrogens with one attached hydrogen (secondary N) is 2. The third-order valence-corrected chi connectivity index (χ3v) is 4.90. The van der Waals surface area contributed by atoms with E-state index in [1.54, 1.807) is 0 Å². The molecule has 3 rings (SSSR count). The Balaban J connectivity index is 1.51. The number of guanidine groups is 1. The molecule has 1 saturated heterocycles. The van der Waals surface area contributed by atoms with Gasteiger partial charge in [0, 0.05) is 50.7 Å². The molecule has 0 saturated carbocycles. The second-order valence-electron chi connectivity index (χ2n) is 7.12. The predicted molar refractivity (Wildman–Crippen MR) is 116 cm³/mol. The lowest BCUT2D eigenvalue weighted by Gasteiger charge is -2.21. The Labute approximate surface area is 168 Å². The number of pyridine rings is 2. The highest BCUT2D eigenvalue weighted by Crippen LogP contribution is 2.17. The van der Waals surface area contributed by atoms with E-state index in [4.69, 9.17) is 4.99 Å². The molecule has 1 aliphatic rings. The van der Waals surface area contributed by atoms with E-state index in [0.29, 0.717) is 6.54 Å². The predicted octanol–water partition coefficient (Wildman–Crippen LogP) is 3.15. The highest BCUT2D eigenvalue weighted by molar-refractivity contribution is 5.79. The van der Waals surface area contributed by atoms with E-state index in [-0.39, 0.29) is 0 Å². The number of aliphatic imine (C=N–C) groups is 1. The summed E-state index contributed by atoms with van der Waals surface area (Å²) in [7, 11) is 0. The summed E-state index contributed by atoms with van der Waals surface area (Å²) in [6, 6.07) is 10.3. The molecule has 0 bridgehead atoms. The van der Waals surface area contributed by atoms with E-state index in [2.05, 4.69) is 44.6 Å². The molecule has 28 heavy (non-hydrogen) atoms. The van der Waals surface area contributed by atoms with Crippen LogP contribution in [0.4, 0.5) is 5.82 Å². The van der Waals surface area contributed by atoms with Crippen LogP contribution in [0.15, 0.2) is 47.7 Å². The summed E-state index contributed by atoms with van der Waals surface area (Å²) in [5.41, 5.74) is 2.21. The zero-order valence-electron chi connectivity index (χ0n) is 16.9. The normalized spacial score (nSPS) is 15.2. The fourth-order valence-electron chi connectivity index (χ4n) is 3.36. The molecule has 0 atom stereocenters. The summed E-state index contributed by atoms with van der Waals surface area (Å²) in [6.07, 6.45) is 9.87. The first-order valence-corrected chi connectivity index (χ1v) is 10.5. The minimum absolute atomic E-state index is 0.617. The van der Waals surface area contributed by atoms with Crippen molar-refractivity contribution in [3.63, 3.8) is 0 Å². The van der Waals surface area contributed by atoms with Gasteiger partial charge in [0.15, 0.2) is 5.96 Å². The monoisotopic (exact) mass is 380 g/mol. The molecule has 1 aliphatic heterocycles. The summed E-state index contributed by atoms with van der Waals surface area (Å²) in [4.78, 5) is 16.1. The lowest BCUT2D eigenvalue weighted by molar-refractivity contribution is 0.726. The van der Waals surface area contributed by atoms with Gasteiger partial charge >= 0.3 is 0 Å². The Morgan fingerprint density at radius 3 is 2.57 bits per heavy atom. The van der Waals surface area contributed by atoms with Gasteiger partial charge in [-0.15, -0.1) is 0 Å². The number of anilines is 1. The summed E-state index contributed by atoms with van der Waals surface area (Å²) >= 11 is 0. The van der Waals surface area contributed by atoms with Crippen molar-refractivity contribution >= 4 is 11.8 Å². The van der Waals surface area contributed by atoms with Gasteiger partial charge in [-0.3, -0.25) is 4.98 Å². The minimum atomic E-state index is 0.617. The lowest BCUT2D eigenvalue weighted by atomic mass is 10.2. The maximum Gasteiger partial charge on any atom is 0.191 e. The van der Waals surface area contributed by atoms with E-state index in [0.717, 1.165) is 55.6 Å². The van der Waals surface area contributed by atoms with Crippen LogP contribution in [0.1, 0.15) is 43.9 Å². The second-order valence-corrected chi connectivity index (χ2v) is 7.12. The molecule has 6 nitrogen and oxygen atoms in total. The summed E-state index contributed by atoms with van der Waals surface area (Å²) in [5, 5.41) is 6.68. The lowest BCUT2D eigenvalue weighted by Crippen LogP contribution is -2.38. The van der Waals surface area contributed by atoms with Gasteiger partial charge in [-0.05, 0) is 43.5 Å². The molecule has 0 unspecified atom stereocenters. The van der Waals surface area contributed by atoms with Crippen LogP contribution in [-0.4, -0.2) is 42.1 Å². The SMILES string of the molecule is CCNC(=NCc1ccc(N2CCCCCC2)nc1)NCCc1ccccn1. The van der Waals surface area contributed by atoms with Gasteiger partial charge < -0.3 is 15.5 Å². The zero-order chi connectivity index (χ0) is 19.4. The topological polar surface area (TPSA) is 65.4 Å². The van der Waals surface area contributed by atoms with Crippen LogP contribution >= 0.6 is 0 Å². The van der Waals surface area contributed by atoms with Crippen molar-refractivity contribution in [1.82, 2.24) is 20.6 Å². The van der Waals surface area contributed by atoms with Crippen molar-refractivity contribution in [1.29, 1.82) is 0 Å². The van der Waals surface area contributed by atoms with Crippen molar-refractivity contribution in [2.45, 2.75) is 45.6 Å². The molecule has 2 aromatic rings. The van der Waals surface area contributed by atoms with Gasteiger partial charge in [0.05, 0.1) is 6.54 Å². The molecule has 0 aromatic carbocycles. The fourth-order valence-corrected chi connectivity index (χ4v) is 3.36. The van der Waals surface area contributed by atoms with E-state index < -0.39 is 0 Å². The first-order chi connectivity index (χ1) is 13.8. The average molecular weight is 381 g/mol. The van der Waals surface area contributed by atoms with Crippen LogP contribution in [0.3, 0.4) is 0 Å². The van der Waals surface area contributed by atoms with Crippen molar-refractivity contribution in [2.24, 2.45) is 4.99 Å². The van der Waals surface area contributed by atoms with Crippen LogP contribution in [0.25, 0.3) is 0 Å². The van der Waals surface area contributed by atoms with Crippen molar-refractivity contribution < 1.29 is 0 Å². The Morgan fingerprint density at radius 1 is 1.04 bits per heavy atom. The van der Waals surface area contributed by atoms with Crippen molar-refractivity contribution in [3.8, 4) is 0 Å². The van der Waals surface area contributed by atoms with Crippen LogP contribution < -0.4 is 15.5 Å². The fraction of sp³-hybridized carbons (Fsp3) is 0.500. The molecule has 6 heteroatoms. The first-order valence-electron chi connectivity index (χ1n) is 10.5. The average Bonchev–Trinajstić information content (AvgIpc) is 3.03. The van der Waals surface area contributed by atoms with Gasteiger partial charge in [-0.25, -0.2) is 9.98 Å². The molecule has 1 fully saturated rings. The number of nitrogens with zero attached hydrogens (tertiary/aromatic N) is 4. The van der Waals surface area contributed by atoms with Crippen LogP contribution in [0.5, 0.6) is 0 Å². The highest BCUT2D eigenvalue weighted by atomic mass is 15.2. The van der Waals surface area contributed by atoms with E-state index in [9.17, 15) is 0 Å². The van der Waals surface area contributed by atoms with Gasteiger partial charge in [0.2, 0.25) is 0 Å². The third kappa shape index (κ3) is 6.51. The molecule has 0 spiro atoms. The molecule has 0 aliphatic carbocycles. The zero-order valence-corrected chi connectivity index (χ0v) is 16.9. The Kier molecular flexibility index (Phi) is 8.09. The molecular weight excluding hydrogens is 348 g/mol. The van der Waals surface area contributed by atoms with Gasteiger partial charge in [0.25, 0.3) is 0 Å². The van der Waals surface area contributed by atoms with Crippen LogP contribution in [0.2, 0.25) is 0 Å². The molecule has 0 amide bonds. The maximum atomic E-state index is 4.69. The largest absolute Gasteiger partial charge is 0.357 e. The molecule has 3 heterocycles. The standard InChI is InChI=1S/C22H32N6/c1-2-23-22(25-14-12-20-9-5-6-13-24-20)27-18-19-10-11-21(26-17-19)28-15-7-3-4-8-16-28/h5-6,9-11,13,17H,2-4,7-8,12,14-16,18H2,1H3,(H2,23,25,27).